The predicted octanol–water partition coefficient (Wildman–Crippen LogP) is 4.49. The van der Waals surface area contributed by atoms with E-state index in [2.05, 4.69) is 12.2 Å². The van der Waals surface area contributed by atoms with Gasteiger partial charge in [-0.05, 0) is 25.2 Å². The quantitative estimate of drug-likeness (QED) is 0.710. The summed E-state index contributed by atoms with van der Waals surface area (Å²) in [7, 11) is 1.71. The maximum Gasteiger partial charge on any atom is 0.222 e. The van der Waals surface area contributed by atoms with Crippen molar-refractivity contribution in [1.82, 2.24) is 5.32 Å². The summed E-state index contributed by atoms with van der Waals surface area (Å²) >= 11 is 0. The number of carbonyl (C=O) groups is 1. The zero-order chi connectivity index (χ0) is 11.6. The van der Waals surface area contributed by atoms with Crippen molar-refractivity contribution in [2.75, 3.05) is 7.05 Å². The van der Waals surface area contributed by atoms with Gasteiger partial charge in [-0.15, -0.1) is 0 Å². The first-order chi connectivity index (χ1) is 6.74. The van der Waals surface area contributed by atoms with Crippen LogP contribution in [0.2, 0.25) is 0 Å². The molecule has 0 aliphatic heterocycles. The molecular weight excluding hydrogens is 198 g/mol. The molecule has 1 saturated carbocycles. The van der Waals surface area contributed by atoms with Gasteiger partial charge in [0.2, 0.25) is 5.91 Å². The Bertz CT molecular complexity index is 135. The van der Waals surface area contributed by atoms with E-state index in [1.165, 1.54) is 6.42 Å². The highest BCUT2D eigenvalue weighted by Crippen LogP contribution is 2.29. The van der Waals surface area contributed by atoms with Crippen molar-refractivity contribution in [2.24, 2.45) is 11.8 Å². The van der Waals surface area contributed by atoms with Crippen molar-refractivity contribution in [2.45, 2.75) is 68.7 Å². The molecule has 0 aromatic carbocycles. The van der Waals surface area contributed by atoms with Gasteiger partial charge in [0, 0.05) is 13.0 Å². The van der Waals surface area contributed by atoms with E-state index in [1.54, 1.807) is 7.05 Å². The van der Waals surface area contributed by atoms with Gasteiger partial charge in [0.15, 0.2) is 0 Å². The topological polar surface area (TPSA) is 29.1 Å². The molecule has 0 saturated heterocycles. The first kappa shape index (κ1) is 24.6. The molecule has 1 aliphatic carbocycles. The van der Waals surface area contributed by atoms with Crippen molar-refractivity contribution in [3.8, 4) is 0 Å². The van der Waals surface area contributed by atoms with Crippen LogP contribution in [0.4, 0.5) is 0 Å². The third-order valence-corrected chi connectivity index (χ3v) is 2.31. The van der Waals surface area contributed by atoms with E-state index < -0.39 is 0 Å². The molecule has 1 rings (SSSR count). The van der Waals surface area contributed by atoms with Crippen LogP contribution in [-0.4, -0.2) is 13.0 Å². The molecule has 1 N–H and O–H groups in total. The van der Waals surface area contributed by atoms with Gasteiger partial charge in [0.1, 0.15) is 0 Å². The molecule has 0 aromatic heterocycles. The van der Waals surface area contributed by atoms with Crippen LogP contribution >= 0.6 is 0 Å². The molecule has 0 spiro atoms. The van der Waals surface area contributed by atoms with Gasteiger partial charge in [-0.1, -0.05) is 49.5 Å². The van der Waals surface area contributed by atoms with Crippen molar-refractivity contribution in [3.63, 3.8) is 0 Å². The lowest BCUT2D eigenvalue weighted by molar-refractivity contribution is -0.124. The molecule has 1 fully saturated rings. The summed E-state index contributed by atoms with van der Waals surface area (Å²) in [6.45, 7) is 10.2. The Kier molecular flexibility index (Phi) is 26.0. The SMILES string of the molecule is C.C.CC.CC.CNC(=O)C1CCC(C)C1. The normalized spacial score (nSPS) is 20.9. The Morgan fingerprint density at radius 3 is 1.75 bits per heavy atom. The van der Waals surface area contributed by atoms with Gasteiger partial charge in [-0.2, -0.15) is 0 Å². The van der Waals surface area contributed by atoms with E-state index in [1.807, 2.05) is 27.7 Å². The minimum atomic E-state index is 0. The lowest BCUT2D eigenvalue weighted by atomic mass is 10.1. The molecule has 0 heterocycles. The second-order valence-corrected chi connectivity index (χ2v) is 3.23. The third-order valence-electron chi connectivity index (χ3n) is 2.31. The second-order valence-electron chi connectivity index (χ2n) is 3.23. The van der Waals surface area contributed by atoms with Crippen LogP contribution in [0.3, 0.4) is 0 Å². The highest BCUT2D eigenvalue weighted by atomic mass is 16.1. The van der Waals surface area contributed by atoms with E-state index in [9.17, 15) is 4.79 Å². The van der Waals surface area contributed by atoms with E-state index >= 15 is 0 Å². The molecule has 1 amide bonds. The molecule has 0 aromatic rings. The summed E-state index contributed by atoms with van der Waals surface area (Å²) in [6, 6.07) is 0. The monoisotopic (exact) mass is 233 g/mol. The Balaban J connectivity index is -0.000000109. The van der Waals surface area contributed by atoms with Crippen LogP contribution in [0.15, 0.2) is 0 Å². The summed E-state index contributed by atoms with van der Waals surface area (Å²) in [6.07, 6.45) is 3.39. The van der Waals surface area contributed by atoms with E-state index in [4.69, 9.17) is 0 Å². The fraction of sp³-hybridized carbons (Fsp3) is 0.929. The number of carbonyl (C=O) groups excluding carboxylic acids is 1. The Morgan fingerprint density at radius 2 is 1.50 bits per heavy atom. The lowest BCUT2D eigenvalue weighted by Crippen LogP contribution is -2.25. The summed E-state index contributed by atoms with van der Waals surface area (Å²) in [4.78, 5) is 11.0. The summed E-state index contributed by atoms with van der Waals surface area (Å²) < 4.78 is 0. The molecule has 16 heavy (non-hydrogen) atoms. The lowest BCUT2D eigenvalue weighted by Gasteiger charge is -2.05. The average Bonchev–Trinajstić information content (AvgIpc) is 2.69. The zero-order valence-corrected chi connectivity index (χ0v) is 10.7. The van der Waals surface area contributed by atoms with E-state index in [-0.39, 0.29) is 20.8 Å². The fourth-order valence-corrected chi connectivity index (χ4v) is 1.65. The maximum atomic E-state index is 11.0. The predicted molar refractivity (Wildman–Crippen MR) is 76.7 cm³/mol. The molecule has 0 bridgehead atoms. The largest absolute Gasteiger partial charge is 0.359 e. The Hall–Kier alpha value is -0.530. The summed E-state index contributed by atoms with van der Waals surface area (Å²) in [5.74, 6) is 1.28. The Labute approximate surface area is 104 Å². The van der Waals surface area contributed by atoms with Crippen LogP contribution in [0.5, 0.6) is 0 Å². The van der Waals surface area contributed by atoms with Crippen LogP contribution in [0.1, 0.15) is 68.7 Å². The molecule has 1 aliphatic rings. The zero-order valence-electron chi connectivity index (χ0n) is 10.7. The average molecular weight is 233 g/mol. The second kappa shape index (κ2) is 16.9. The molecule has 2 atom stereocenters. The molecule has 102 valence electrons. The van der Waals surface area contributed by atoms with Crippen LogP contribution in [0.25, 0.3) is 0 Å². The molecule has 0 radical (unpaired) electrons. The van der Waals surface area contributed by atoms with Gasteiger partial charge in [0.25, 0.3) is 0 Å². The van der Waals surface area contributed by atoms with Crippen molar-refractivity contribution >= 4 is 5.91 Å². The third kappa shape index (κ3) is 10.0. The van der Waals surface area contributed by atoms with Gasteiger partial charge >= 0.3 is 0 Å². The van der Waals surface area contributed by atoms with Gasteiger partial charge < -0.3 is 5.32 Å². The van der Waals surface area contributed by atoms with Gasteiger partial charge in [-0.3, -0.25) is 4.79 Å². The smallest absolute Gasteiger partial charge is 0.222 e. The highest BCUT2D eigenvalue weighted by Gasteiger charge is 2.26. The molecule has 2 nitrogen and oxygen atoms in total. The van der Waals surface area contributed by atoms with Gasteiger partial charge in [0.05, 0.1) is 0 Å². The minimum absolute atomic E-state index is 0. The first-order valence-corrected chi connectivity index (χ1v) is 5.95. The van der Waals surface area contributed by atoms with Crippen LogP contribution in [-0.2, 0) is 4.79 Å². The molecular formula is C14H35NO. The number of nitrogens with one attached hydrogen (secondary N) is 1. The number of hydrogen-bond donors (Lipinski definition) is 1. The molecule has 2 unspecified atom stereocenters. The maximum absolute atomic E-state index is 11.0. The van der Waals surface area contributed by atoms with E-state index in [0.717, 1.165) is 18.8 Å². The number of amides is 1. The summed E-state index contributed by atoms with van der Waals surface area (Å²) in [5.41, 5.74) is 0. The summed E-state index contributed by atoms with van der Waals surface area (Å²) in [5, 5.41) is 2.69. The number of hydrogen-bond acceptors (Lipinski definition) is 1. The molecule has 2 heteroatoms. The first-order valence-electron chi connectivity index (χ1n) is 5.95. The van der Waals surface area contributed by atoms with Crippen molar-refractivity contribution < 1.29 is 4.79 Å². The number of rotatable bonds is 1. The van der Waals surface area contributed by atoms with Crippen LogP contribution in [0, 0.1) is 11.8 Å². The highest BCUT2D eigenvalue weighted by molar-refractivity contribution is 5.78. The van der Waals surface area contributed by atoms with Crippen LogP contribution < -0.4 is 5.32 Å². The fourth-order valence-electron chi connectivity index (χ4n) is 1.65. The minimum Gasteiger partial charge on any atom is -0.359 e. The Morgan fingerprint density at radius 1 is 1.06 bits per heavy atom. The van der Waals surface area contributed by atoms with Crippen molar-refractivity contribution in [3.05, 3.63) is 0 Å². The standard InChI is InChI=1S/C8H15NO.2C2H6.2CH4/c1-6-3-4-7(5-6)8(10)9-2;2*1-2;;/h6-7H,3-5H2,1-2H3,(H,9,10);2*1-2H3;2*1H4. The van der Waals surface area contributed by atoms with Crippen molar-refractivity contribution in [1.29, 1.82) is 0 Å². The van der Waals surface area contributed by atoms with E-state index in [0.29, 0.717) is 5.92 Å². The van der Waals surface area contributed by atoms with Gasteiger partial charge in [-0.25, -0.2) is 0 Å².